The van der Waals surface area contributed by atoms with Gasteiger partial charge < -0.3 is 19.7 Å². The highest BCUT2D eigenvalue weighted by Gasteiger charge is 2.54. The number of carboxylic acids is 2. The van der Waals surface area contributed by atoms with Crippen molar-refractivity contribution in [3.8, 4) is 0 Å². The quantitative estimate of drug-likeness (QED) is 0.768. The molecular weight excluding hydrogens is 306 g/mol. The van der Waals surface area contributed by atoms with Crippen LogP contribution in [-0.2, 0) is 25.7 Å². The molecule has 1 aromatic carbocycles. The number of rotatable bonds is 7. The molecule has 8 heteroatoms. The molecular formula is C15H17NO7. The molecule has 0 unspecified atom stereocenters. The van der Waals surface area contributed by atoms with Gasteiger partial charge >= 0.3 is 18.0 Å². The smallest absolute Gasteiger partial charge is 0.411 e. The van der Waals surface area contributed by atoms with Crippen molar-refractivity contribution < 1.29 is 34.1 Å². The van der Waals surface area contributed by atoms with Gasteiger partial charge in [0.05, 0.1) is 19.6 Å². The van der Waals surface area contributed by atoms with Crippen molar-refractivity contribution in [2.45, 2.75) is 18.6 Å². The molecule has 0 saturated carbocycles. The Morgan fingerprint density at radius 3 is 2.30 bits per heavy atom. The largest absolute Gasteiger partial charge is 0.481 e. The van der Waals surface area contributed by atoms with Crippen molar-refractivity contribution in [3.05, 3.63) is 35.9 Å². The molecule has 0 radical (unpaired) electrons. The number of carboxylic acid groups (broad SMARTS) is 2. The van der Waals surface area contributed by atoms with Gasteiger partial charge in [0.2, 0.25) is 0 Å². The number of amides is 1. The second-order valence-electron chi connectivity index (χ2n) is 5.17. The van der Waals surface area contributed by atoms with E-state index in [2.05, 4.69) is 0 Å². The fraction of sp³-hybridized carbons (Fsp3) is 0.400. The van der Waals surface area contributed by atoms with Crippen molar-refractivity contribution >= 4 is 18.0 Å². The average molecular weight is 323 g/mol. The number of hydrogen-bond acceptors (Lipinski definition) is 5. The minimum atomic E-state index is -1.57. The van der Waals surface area contributed by atoms with Crippen LogP contribution in [0.2, 0.25) is 0 Å². The average Bonchev–Trinajstić information content (AvgIpc) is 2.47. The molecule has 1 fully saturated rings. The summed E-state index contributed by atoms with van der Waals surface area (Å²) in [6, 6.07) is 8.89. The van der Waals surface area contributed by atoms with Crippen LogP contribution in [0.1, 0.15) is 12.0 Å². The first-order chi connectivity index (χ1) is 11.0. The van der Waals surface area contributed by atoms with Crippen LogP contribution in [0.5, 0.6) is 0 Å². The highest BCUT2D eigenvalue weighted by molar-refractivity contribution is 5.86. The lowest BCUT2D eigenvalue weighted by molar-refractivity contribution is -0.184. The lowest BCUT2D eigenvalue weighted by atomic mass is 9.95. The molecule has 1 heterocycles. The van der Waals surface area contributed by atoms with Gasteiger partial charge in [0.25, 0.3) is 0 Å². The lowest BCUT2D eigenvalue weighted by Crippen LogP contribution is -2.68. The van der Waals surface area contributed by atoms with Gasteiger partial charge in [-0.3, -0.25) is 9.69 Å². The Hall–Kier alpha value is -2.61. The number of aliphatic carboxylic acids is 2. The molecule has 23 heavy (non-hydrogen) atoms. The highest BCUT2D eigenvalue weighted by atomic mass is 16.6. The second kappa shape index (κ2) is 7.10. The summed E-state index contributed by atoms with van der Waals surface area (Å²) in [5.74, 6) is -2.38. The van der Waals surface area contributed by atoms with Gasteiger partial charge in [-0.25, -0.2) is 9.59 Å². The number of ether oxygens (including phenoxy) is 2. The van der Waals surface area contributed by atoms with E-state index < -0.39 is 23.6 Å². The monoisotopic (exact) mass is 323 g/mol. The topological polar surface area (TPSA) is 113 Å². The summed E-state index contributed by atoms with van der Waals surface area (Å²) >= 11 is 0. The summed E-state index contributed by atoms with van der Waals surface area (Å²) in [6.45, 7) is -0.677. The maximum Gasteiger partial charge on any atom is 0.411 e. The first-order valence-electron chi connectivity index (χ1n) is 6.97. The first-order valence-corrected chi connectivity index (χ1v) is 6.97. The third kappa shape index (κ3) is 3.78. The Bertz CT molecular complexity index is 583. The predicted molar refractivity (Wildman–Crippen MR) is 76.8 cm³/mol. The van der Waals surface area contributed by atoms with E-state index in [1.54, 1.807) is 24.3 Å². The molecule has 0 spiro atoms. The molecule has 2 rings (SSSR count). The van der Waals surface area contributed by atoms with Crippen molar-refractivity contribution in [1.82, 2.24) is 4.90 Å². The third-order valence-corrected chi connectivity index (χ3v) is 3.57. The maximum atomic E-state index is 12.3. The minimum Gasteiger partial charge on any atom is -0.481 e. The van der Waals surface area contributed by atoms with E-state index in [1.165, 1.54) is 0 Å². The summed E-state index contributed by atoms with van der Waals surface area (Å²) in [6.07, 6.45) is -1.25. The molecule has 124 valence electrons. The van der Waals surface area contributed by atoms with Crippen LogP contribution in [0.15, 0.2) is 30.3 Å². The van der Waals surface area contributed by atoms with Crippen molar-refractivity contribution in [2.75, 3.05) is 19.8 Å². The van der Waals surface area contributed by atoms with Crippen LogP contribution >= 0.6 is 0 Å². The van der Waals surface area contributed by atoms with Gasteiger partial charge in [-0.1, -0.05) is 30.3 Å². The fourth-order valence-electron chi connectivity index (χ4n) is 2.17. The first kappa shape index (κ1) is 16.8. The standard InChI is InChI=1S/C15H17NO7/c17-12(18)6-7-16(15(13(19)20)9-22-10-15)14(21)23-8-11-4-2-1-3-5-11/h1-5H,6-10H2,(H,17,18)(H,19,20). The Morgan fingerprint density at radius 1 is 1.17 bits per heavy atom. The van der Waals surface area contributed by atoms with Crippen LogP contribution in [0.25, 0.3) is 0 Å². The van der Waals surface area contributed by atoms with Crippen molar-refractivity contribution in [2.24, 2.45) is 0 Å². The minimum absolute atomic E-state index is 0.0280. The van der Waals surface area contributed by atoms with E-state index in [1.807, 2.05) is 6.07 Å². The SMILES string of the molecule is O=C(O)CCN(C(=O)OCc1ccccc1)C1(C(=O)O)COC1. The van der Waals surface area contributed by atoms with Crippen LogP contribution in [0.3, 0.4) is 0 Å². The van der Waals surface area contributed by atoms with E-state index in [9.17, 15) is 19.5 Å². The van der Waals surface area contributed by atoms with E-state index in [4.69, 9.17) is 14.6 Å². The molecule has 8 nitrogen and oxygen atoms in total. The highest BCUT2D eigenvalue weighted by Crippen LogP contribution is 2.27. The summed E-state index contributed by atoms with van der Waals surface area (Å²) in [5, 5.41) is 18.2. The molecule has 1 aliphatic heterocycles. The van der Waals surface area contributed by atoms with E-state index in [-0.39, 0.29) is 32.8 Å². The Kier molecular flexibility index (Phi) is 5.17. The number of hydrogen-bond donors (Lipinski definition) is 2. The summed E-state index contributed by atoms with van der Waals surface area (Å²) in [4.78, 5) is 35.4. The zero-order valence-corrected chi connectivity index (χ0v) is 12.3. The van der Waals surface area contributed by atoms with E-state index >= 15 is 0 Å². The summed E-state index contributed by atoms with van der Waals surface area (Å²) in [5.41, 5.74) is -0.822. The lowest BCUT2D eigenvalue weighted by Gasteiger charge is -2.45. The maximum absolute atomic E-state index is 12.3. The van der Waals surface area contributed by atoms with Crippen molar-refractivity contribution in [3.63, 3.8) is 0 Å². The molecule has 1 amide bonds. The van der Waals surface area contributed by atoms with E-state index in [0.29, 0.717) is 0 Å². The molecule has 2 N–H and O–H groups in total. The summed E-state index contributed by atoms with van der Waals surface area (Å²) < 4.78 is 10.1. The predicted octanol–water partition coefficient (Wildman–Crippen LogP) is 0.953. The van der Waals surface area contributed by atoms with Crippen LogP contribution in [-0.4, -0.2) is 58.4 Å². The van der Waals surface area contributed by atoms with Crippen LogP contribution in [0, 0.1) is 0 Å². The molecule has 0 aliphatic carbocycles. The zero-order chi connectivity index (χ0) is 16.9. The van der Waals surface area contributed by atoms with Crippen LogP contribution in [0.4, 0.5) is 4.79 Å². The normalized spacial score (nSPS) is 15.3. The number of carbonyl (C=O) groups excluding carboxylic acids is 1. The van der Waals surface area contributed by atoms with Crippen molar-refractivity contribution in [1.29, 1.82) is 0 Å². The number of benzene rings is 1. The van der Waals surface area contributed by atoms with Gasteiger partial charge in [0, 0.05) is 6.54 Å². The van der Waals surface area contributed by atoms with Gasteiger partial charge in [-0.15, -0.1) is 0 Å². The molecule has 0 aromatic heterocycles. The number of nitrogens with zero attached hydrogens (tertiary/aromatic N) is 1. The number of carbonyl (C=O) groups is 3. The zero-order valence-electron chi connectivity index (χ0n) is 12.3. The van der Waals surface area contributed by atoms with Crippen LogP contribution < -0.4 is 0 Å². The molecule has 0 bridgehead atoms. The Labute approximate surface area is 132 Å². The fourth-order valence-corrected chi connectivity index (χ4v) is 2.17. The molecule has 1 saturated heterocycles. The Balaban J connectivity index is 2.08. The molecule has 0 atom stereocenters. The second-order valence-corrected chi connectivity index (χ2v) is 5.17. The van der Waals surface area contributed by atoms with Gasteiger partial charge in [-0.05, 0) is 5.56 Å². The van der Waals surface area contributed by atoms with Gasteiger partial charge in [-0.2, -0.15) is 0 Å². The van der Waals surface area contributed by atoms with E-state index in [0.717, 1.165) is 10.5 Å². The third-order valence-electron chi connectivity index (χ3n) is 3.57. The Morgan fingerprint density at radius 2 is 1.83 bits per heavy atom. The molecule has 1 aliphatic rings. The van der Waals surface area contributed by atoms with Gasteiger partial charge in [0.1, 0.15) is 6.61 Å². The summed E-state index contributed by atoms with van der Waals surface area (Å²) in [7, 11) is 0. The van der Waals surface area contributed by atoms with Gasteiger partial charge in [0.15, 0.2) is 5.54 Å². The molecule has 1 aromatic rings.